The summed E-state index contributed by atoms with van der Waals surface area (Å²) in [5, 5.41) is 5.53. The zero-order valence-corrected chi connectivity index (χ0v) is 20.0. The van der Waals surface area contributed by atoms with E-state index in [0.29, 0.717) is 18.8 Å². The second kappa shape index (κ2) is 8.48. The summed E-state index contributed by atoms with van der Waals surface area (Å²) < 4.78 is 7.16. The molecule has 36 heavy (non-hydrogen) atoms. The summed E-state index contributed by atoms with van der Waals surface area (Å²) in [6.07, 6.45) is 5.32. The number of nitrogens with two attached hydrogens (primary N) is 1. The molecule has 1 saturated heterocycles. The van der Waals surface area contributed by atoms with Gasteiger partial charge in [-0.25, -0.2) is 4.98 Å². The fraction of sp³-hybridized carbons (Fsp3) is 0.286. The van der Waals surface area contributed by atoms with Gasteiger partial charge in [0.25, 0.3) is 0 Å². The Morgan fingerprint density at radius 2 is 1.94 bits per heavy atom. The number of carbonyl (C=O) groups excluding carboxylic acids is 2. The number of fused-ring (bicyclic) bond motifs is 1. The van der Waals surface area contributed by atoms with Gasteiger partial charge in [-0.15, -0.1) is 0 Å². The molecule has 1 aliphatic heterocycles. The number of methoxy groups -OCH3 is 1. The molecule has 2 unspecified atom stereocenters. The van der Waals surface area contributed by atoms with Crippen LogP contribution in [0, 0.1) is 11.3 Å². The van der Waals surface area contributed by atoms with Crippen LogP contribution < -0.4 is 15.4 Å². The highest BCUT2D eigenvalue weighted by molar-refractivity contribution is 6.00. The number of primary amides is 1. The van der Waals surface area contributed by atoms with Crippen LogP contribution in [-0.2, 0) is 16.1 Å². The number of nitrogens with zero attached hydrogens (tertiary/aromatic N) is 4. The van der Waals surface area contributed by atoms with E-state index in [0.717, 1.165) is 40.6 Å². The summed E-state index contributed by atoms with van der Waals surface area (Å²) in [5.74, 6) is 0.124. The van der Waals surface area contributed by atoms with Crippen LogP contribution >= 0.6 is 0 Å². The van der Waals surface area contributed by atoms with Gasteiger partial charge in [0.2, 0.25) is 17.7 Å². The fourth-order valence-corrected chi connectivity index (χ4v) is 5.69. The highest BCUT2D eigenvalue weighted by Gasteiger charge is 2.61. The average molecular weight is 482 g/mol. The molecule has 1 aliphatic carbocycles. The number of hydrogen-bond acceptors (Lipinski definition) is 5. The molecule has 3 heterocycles. The van der Waals surface area contributed by atoms with Crippen molar-refractivity contribution in [3.8, 4) is 5.88 Å². The third-order valence-corrected chi connectivity index (χ3v) is 7.70. The molecular weight excluding hydrogens is 454 g/mol. The summed E-state index contributed by atoms with van der Waals surface area (Å²) in [6.45, 7) is 0.570. The number of hydrogen-bond donors (Lipinski definition) is 1. The van der Waals surface area contributed by atoms with E-state index in [1.807, 2.05) is 76.4 Å². The minimum atomic E-state index is -0.606. The maximum Gasteiger partial charge on any atom is 0.227 e. The van der Waals surface area contributed by atoms with E-state index in [1.54, 1.807) is 13.3 Å². The minimum Gasteiger partial charge on any atom is -0.481 e. The zero-order chi connectivity index (χ0) is 24.9. The maximum atomic E-state index is 13.4. The number of ether oxygens (including phenoxy) is 1. The molecule has 2 N–H and O–H groups in total. The number of anilines is 1. The quantitative estimate of drug-likeness (QED) is 0.432. The Hall–Kier alpha value is -4.20. The molecular formula is C28H27N5O3. The Morgan fingerprint density at radius 3 is 2.67 bits per heavy atom. The second-order valence-corrected chi connectivity index (χ2v) is 9.70. The molecule has 6 rings (SSSR count). The molecule has 0 spiro atoms. The van der Waals surface area contributed by atoms with Crippen LogP contribution in [0.3, 0.4) is 0 Å². The number of pyridine rings is 1. The average Bonchev–Trinajstić information content (AvgIpc) is 3.52. The lowest BCUT2D eigenvalue weighted by atomic mass is 9.79. The van der Waals surface area contributed by atoms with Gasteiger partial charge in [-0.05, 0) is 48.2 Å². The van der Waals surface area contributed by atoms with Crippen LogP contribution in [-0.4, -0.2) is 33.7 Å². The highest BCUT2D eigenvalue weighted by atomic mass is 16.5. The van der Waals surface area contributed by atoms with Gasteiger partial charge in [-0.1, -0.05) is 30.3 Å². The Kier molecular flexibility index (Phi) is 5.25. The number of carbonyl (C=O) groups is 2. The highest BCUT2D eigenvalue weighted by Crippen LogP contribution is 2.61. The molecule has 2 fully saturated rings. The first-order valence-electron chi connectivity index (χ1n) is 12.1. The lowest BCUT2D eigenvalue weighted by molar-refractivity contribution is -0.125. The molecule has 2 amide bonds. The van der Waals surface area contributed by atoms with Crippen molar-refractivity contribution in [3.05, 3.63) is 84.2 Å². The van der Waals surface area contributed by atoms with E-state index >= 15 is 0 Å². The molecule has 1 saturated carbocycles. The van der Waals surface area contributed by atoms with Crippen LogP contribution in [0.4, 0.5) is 5.69 Å². The summed E-state index contributed by atoms with van der Waals surface area (Å²) in [7, 11) is 1.60. The fourth-order valence-electron chi connectivity index (χ4n) is 5.69. The van der Waals surface area contributed by atoms with Gasteiger partial charge in [-0.3, -0.25) is 14.3 Å². The topological polar surface area (TPSA) is 103 Å². The van der Waals surface area contributed by atoms with Gasteiger partial charge in [0.15, 0.2) is 0 Å². The molecule has 2 aromatic carbocycles. The largest absolute Gasteiger partial charge is 0.481 e. The van der Waals surface area contributed by atoms with E-state index in [1.165, 1.54) is 0 Å². The number of rotatable bonds is 7. The van der Waals surface area contributed by atoms with E-state index in [-0.39, 0.29) is 23.8 Å². The standard InChI is InChI=1S/C28H27N5O3/c1-36-24-13-18(9-12-30-24)17-32-23-8-7-21(14-20(23)16-31-32)33-25(34)15-22(28(10-11-28)27(29)35)26(33)19-5-3-2-4-6-19/h2-9,12-14,16,22,26H,10-11,15,17H2,1H3,(H2,29,35). The molecule has 0 radical (unpaired) electrons. The minimum absolute atomic E-state index is 0.0111. The van der Waals surface area contributed by atoms with Crippen molar-refractivity contribution in [1.29, 1.82) is 0 Å². The first-order valence-corrected chi connectivity index (χ1v) is 12.1. The normalized spacial score (nSPS) is 20.6. The van der Waals surface area contributed by atoms with Crippen LogP contribution in [0.2, 0.25) is 0 Å². The van der Waals surface area contributed by atoms with Crippen LogP contribution in [0.15, 0.2) is 73.1 Å². The zero-order valence-electron chi connectivity index (χ0n) is 20.0. The van der Waals surface area contributed by atoms with E-state index in [2.05, 4.69) is 10.1 Å². The smallest absolute Gasteiger partial charge is 0.227 e. The van der Waals surface area contributed by atoms with Gasteiger partial charge in [0, 0.05) is 35.7 Å². The van der Waals surface area contributed by atoms with Crippen LogP contribution in [0.1, 0.15) is 36.4 Å². The second-order valence-electron chi connectivity index (χ2n) is 9.70. The lowest BCUT2D eigenvalue weighted by Crippen LogP contribution is -2.36. The van der Waals surface area contributed by atoms with Crippen molar-refractivity contribution < 1.29 is 14.3 Å². The van der Waals surface area contributed by atoms with Gasteiger partial charge in [-0.2, -0.15) is 5.10 Å². The van der Waals surface area contributed by atoms with Crippen molar-refractivity contribution in [2.75, 3.05) is 12.0 Å². The van der Waals surface area contributed by atoms with Crippen molar-refractivity contribution in [2.24, 2.45) is 17.1 Å². The van der Waals surface area contributed by atoms with E-state index in [9.17, 15) is 9.59 Å². The van der Waals surface area contributed by atoms with Crippen molar-refractivity contribution >= 4 is 28.4 Å². The van der Waals surface area contributed by atoms with Gasteiger partial charge >= 0.3 is 0 Å². The Morgan fingerprint density at radius 1 is 1.14 bits per heavy atom. The Balaban J connectivity index is 1.37. The Labute approximate surface area is 208 Å². The molecule has 2 aliphatic rings. The van der Waals surface area contributed by atoms with Gasteiger partial charge in [0.1, 0.15) is 0 Å². The number of aromatic nitrogens is 3. The molecule has 182 valence electrons. The van der Waals surface area contributed by atoms with E-state index < -0.39 is 5.41 Å². The first-order chi connectivity index (χ1) is 17.5. The van der Waals surface area contributed by atoms with Gasteiger partial charge in [0.05, 0.1) is 36.8 Å². The molecule has 8 heteroatoms. The monoisotopic (exact) mass is 481 g/mol. The predicted octanol–water partition coefficient (Wildman–Crippen LogP) is 3.85. The maximum absolute atomic E-state index is 13.4. The van der Waals surface area contributed by atoms with E-state index in [4.69, 9.17) is 10.5 Å². The SMILES string of the molecule is COc1cc(Cn2ncc3cc(N4C(=O)CC(C5(C(N)=O)CC5)C4c4ccccc4)ccc32)ccn1. The molecule has 2 atom stereocenters. The number of benzene rings is 2. The summed E-state index contributed by atoms with van der Waals surface area (Å²) >= 11 is 0. The summed E-state index contributed by atoms with van der Waals surface area (Å²) in [5.41, 5.74) is 9.05. The molecule has 2 aromatic heterocycles. The number of amides is 2. The third kappa shape index (κ3) is 3.61. The predicted molar refractivity (Wildman–Crippen MR) is 135 cm³/mol. The lowest BCUT2D eigenvalue weighted by Gasteiger charge is -2.32. The van der Waals surface area contributed by atoms with Crippen molar-refractivity contribution in [1.82, 2.24) is 14.8 Å². The van der Waals surface area contributed by atoms with Gasteiger partial charge < -0.3 is 15.4 Å². The third-order valence-electron chi connectivity index (χ3n) is 7.70. The molecule has 0 bridgehead atoms. The summed E-state index contributed by atoms with van der Waals surface area (Å²) in [6, 6.07) is 19.5. The van der Waals surface area contributed by atoms with Crippen LogP contribution in [0.5, 0.6) is 5.88 Å². The molecule has 4 aromatic rings. The van der Waals surface area contributed by atoms with Crippen molar-refractivity contribution in [3.63, 3.8) is 0 Å². The Bertz CT molecular complexity index is 1460. The molecule has 8 nitrogen and oxygen atoms in total. The first kappa shape index (κ1) is 22.3. The summed E-state index contributed by atoms with van der Waals surface area (Å²) in [4.78, 5) is 31.9. The van der Waals surface area contributed by atoms with Crippen LogP contribution in [0.25, 0.3) is 10.9 Å². The van der Waals surface area contributed by atoms with Crippen molar-refractivity contribution in [2.45, 2.75) is 31.8 Å².